The van der Waals surface area contributed by atoms with Crippen molar-refractivity contribution in [1.29, 1.82) is 0 Å². The van der Waals surface area contributed by atoms with E-state index in [0.29, 0.717) is 17.7 Å². The lowest BCUT2D eigenvalue weighted by atomic mass is 9.90. The number of nitrogens with one attached hydrogen (secondary N) is 2. The van der Waals surface area contributed by atoms with Crippen molar-refractivity contribution in [2.75, 3.05) is 5.32 Å². The smallest absolute Gasteiger partial charge is 0.416 e. The number of rotatable bonds is 2. The van der Waals surface area contributed by atoms with Gasteiger partial charge in [0.15, 0.2) is 0 Å². The lowest BCUT2D eigenvalue weighted by Crippen LogP contribution is -2.39. The molecule has 0 aromatic heterocycles. The number of fused-ring (bicyclic) bond motifs is 1. The molecular weight excluding hydrogens is 321 g/mol. The normalized spacial score (nSPS) is 20.8. The van der Waals surface area contributed by atoms with Gasteiger partial charge in [0.1, 0.15) is 5.60 Å². The molecule has 0 bridgehead atoms. The van der Waals surface area contributed by atoms with E-state index >= 15 is 0 Å². The molecule has 0 unspecified atom stereocenters. The van der Waals surface area contributed by atoms with Crippen molar-refractivity contribution in [3.05, 3.63) is 29.3 Å². The molecule has 2 atom stereocenters. The van der Waals surface area contributed by atoms with Crippen LogP contribution in [0.1, 0.15) is 57.7 Å². The third-order valence-corrected chi connectivity index (χ3v) is 3.82. The van der Waals surface area contributed by atoms with Crippen molar-refractivity contribution in [3.63, 3.8) is 0 Å². The van der Waals surface area contributed by atoms with Gasteiger partial charge in [-0.1, -0.05) is 6.92 Å². The number of hydrogen-bond acceptors (Lipinski definition) is 3. The van der Waals surface area contributed by atoms with E-state index in [2.05, 4.69) is 10.6 Å². The van der Waals surface area contributed by atoms with Crippen LogP contribution in [0.5, 0.6) is 0 Å². The summed E-state index contributed by atoms with van der Waals surface area (Å²) in [6.07, 6.45) is -3.75. The number of anilines is 1. The van der Waals surface area contributed by atoms with E-state index in [9.17, 15) is 18.0 Å². The maximum absolute atomic E-state index is 13.0. The molecule has 24 heavy (non-hydrogen) atoms. The Balaban J connectivity index is 2.29. The van der Waals surface area contributed by atoms with Crippen LogP contribution in [0.2, 0.25) is 0 Å². The van der Waals surface area contributed by atoms with Crippen molar-refractivity contribution in [1.82, 2.24) is 5.32 Å². The molecule has 4 nitrogen and oxygen atoms in total. The van der Waals surface area contributed by atoms with Gasteiger partial charge in [0, 0.05) is 11.7 Å². The molecule has 2 rings (SSSR count). The molecule has 1 aliphatic heterocycles. The molecule has 0 spiro atoms. The first kappa shape index (κ1) is 18.4. The van der Waals surface area contributed by atoms with Gasteiger partial charge < -0.3 is 15.4 Å². The minimum atomic E-state index is -4.42. The molecule has 1 amide bonds. The van der Waals surface area contributed by atoms with Crippen molar-refractivity contribution >= 4 is 11.8 Å². The number of alkyl halides is 3. The highest BCUT2D eigenvalue weighted by molar-refractivity contribution is 5.70. The average molecular weight is 344 g/mol. The second kappa shape index (κ2) is 6.53. The topological polar surface area (TPSA) is 50.4 Å². The monoisotopic (exact) mass is 344 g/mol. The number of amides is 1. The van der Waals surface area contributed by atoms with Crippen molar-refractivity contribution in [2.24, 2.45) is 0 Å². The number of carbonyl (C=O) groups excluding carboxylic acids is 1. The zero-order valence-corrected chi connectivity index (χ0v) is 14.3. The van der Waals surface area contributed by atoms with Gasteiger partial charge in [-0.05, 0) is 57.4 Å². The molecule has 2 N–H and O–H groups in total. The van der Waals surface area contributed by atoms with E-state index in [1.54, 1.807) is 20.8 Å². The van der Waals surface area contributed by atoms with E-state index in [4.69, 9.17) is 4.74 Å². The summed E-state index contributed by atoms with van der Waals surface area (Å²) >= 11 is 0. The number of hydrogen-bond donors (Lipinski definition) is 2. The first-order chi connectivity index (χ1) is 11.0. The lowest BCUT2D eigenvalue weighted by Gasteiger charge is -2.34. The SMILES string of the molecule is CC[C@@H]1C[C@H](NC(=O)OC(C)(C)C)c2cc(C(F)(F)F)ccc2N1. The Morgan fingerprint density at radius 3 is 2.54 bits per heavy atom. The highest BCUT2D eigenvalue weighted by atomic mass is 19.4. The molecule has 1 heterocycles. The summed E-state index contributed by atoms with van der Waals surface area (Å²) in [6.45, 7) is 7.19. The summed E-state index contributed by atoms with van der Waals surface area (Å²) in [6, 6.07) is 3.12. The van der Waals surface area contributed by atoms with Crippen LogP contribution >= 0.6 is 0 Å². The average Bonchev–Trinajstić information content (AvgIpc) is 2.43. The molecule has 1 aliphatic rings. The summed E-state index contributed by atoms with van der Waals surface area (Å²) < 4.78 is 44.2. The Morgan fingerprint density at radius 1 is 1.33 bits per heavy atom. The van der Waals surface area contributed by atoms with Crippen LogP contribution in [-0.2, 0) is 10.9 Å². The quantitative estimate of drug-likeness (QED) is 0.805. The van der Waals surface area contributed by atoms with Crippen LogP contribution in [0, 0.1) is 0 Å². The van der Waals surface area contributed by atoms with Crippen LogP contribution in [0.4, 0.5) is 23.7 Å². The summed E-state index contributed by atoms with van der Waals surface area (Å²) in [7, 11) is 0. The van der Waals surface area contributed by atoms with E-state index < -0.39 is 29.5 Å². The summed E-state index contributed by atoms with van der Waals surface area (Å²) in [4.78, 5) is 12.0. The number of halogens is 3. The van der Waals surface area contributed by atoms with E-state index in [1.165, 1.54) is 6.07 Å². The summed E-state index contributed by atoms with van der Waals surface area (Å²) in [5.74, 6) is 0. The predicted octanol–water partition coefficient (Wildman–Crippen LogP) is 4.87. The third kappa shape index (κ3) is 4.55. The Bertz CT molecular complexity index is 609. The Kier molecular flexibility index (Phi) is 5.01. The third-order valence-electron chi connectivity index (χ3n) is 3.82. The fourth-order valence-corrected chi connectivity index (χ4v) is 2.70. The number of ether oxygens (including phenoxy) is 1. The zero-order chi connectivity index (χ0) is 18.1. The van der Waals surface area contributed by atoms with E-state index in [0.717, 1.165) is 18.6 Å². The van der Waals surface area contributed by atoms with Crippen molar-refractivity contribution in [2.45, 2.75) is 64.4 Å². The highest BCUT2D eigenvalue weighted by Gasteiger charge is 2.34. The van der Waals surface area contributed by atoms with E-state index in [-0.39, 0.29) is 6.04 Å². The summed E-state index contributed by atoms with van der Waals surface area (Å²) in [5.41, 5.74) is -0.353. The minimum Gasteiger partial charge on any atom is -0.444 e. The Labute approximate surface area is 139 Å². The van der Waals surface area contributed by atoms with E-state index in [1.807, 2.05) is 6.92 Å². The van der Waals surface area contributed by atoms with Crippen LogP contribution < -0.4 is 10.6 Å². The first-order valence-electron chi connectivity index (χ1n) is 7.97. The molecule has 7 heteroatoms. The molecule has 0 saturated heterocycles. The first-order valence-corrected chi connectivity index (χ1v) is 7.97. The Hall–Kier alpha value is -1.92. The molecule has 0 radical (unpaired) electrons. The molecule has 1 aromatic carbocycles. The highest BCUT2D eigenvalue weighted by Crippen LogP contribution is 2.38. The largest absolute Gasteiger partial charge is 0.444 e. The molecular formula is C17H23F3N2O2. The van der Waals surface area contributed by atoms with Gasteiger partial charge in [0.25, 0.3) is 0 Å². The number of alkyl carbamates (subject to hydrolysis) is 1. The maximum atomic E-state index is 13.0. The number of carbonyl (C=O) groups is 1. The van der Waals surface area contributed by atoms with Gasteiger partial charge in [-0.25, -0.2) is 4.79 Å². The summed E-state index contributed by atoms with van der Waals surface area (Å²) in [5, 5.41) is 5.92. The van der Waals surface area contributed by atoms with Gasteiger partial charge in [0.05, 0.1) is 11.6 Å². The molecule has 0 fully saturated rings. The minimum absolute atomic E-state index is 0.0779. The Morgan fingerprint density at radius 2 is 2.00 bits per heavy atom. The molecule has 0 saturated carbocycles. The fourth-order valence-electron chi connectivity index (χ4n) is 2.70. The van der Waals surface area contributed by atoms with Gasteiger partial charge in [0.2, 0.25) is 0 Å². The molecule has 134 valence electrons. The van der Waals surface area contributed by atoms with Gasteiger partial charge in [-0.15, -0.1) is 0 Å². The maximum Gasteiger partial charge on any atom is 0.416 e. The van der Waals surface area contributed by atoms with Crippen LogP contribution in [0.15, 0.2) is 18.2 Å². The molecule has 0 aliphatic carbocycles. The lowest BCUT2D eigenvalue weighted by molar-refractivity contribution is -0.137. The standard InChI is InChI=1S/C17H23F3N2O2/c1-5-11-9-14(22-15(23)24-16(2,3)4)12-8-10(17(18,19)20)6-7-13(12)21-11/h6-8,11,14,21H,5,9H2,1-4H3,(H,22,23)/t11-,14+/m1/s1. The van der Waals surface area contributed by atoms with Crippen LogP contribution in [0.3, 0.4) is 0 Å². The van der Waals surface area contributed by atoms with Crippen molar-refractivity contribution < 1.29 is 22.7 Å². The van der Waals surface area contributed by atoms with Gasteiger partial charge >= 0.3 is 12.3 Å². The number of benzene rings is 1. The zero-order valence-electron chi connectivity index (χ0n) is 14.3. The van der Waals surface area contributed by atoms with Gasteiger partial charge in [-0.3, -0.25) is 0 Å². The predicted molar refractivity (Wildman–Crippen MR) is 85.9 cm³/mol. The van der Waals surface area contributed by atoms with Crippen LogP contribution in [-0.4, -0.2) is 17.7 Å². The van der Waals surface area contributed by atoms with Crippen molar-refractivity contribution in [3.8, 4) is 0 Å². The van der Waals surface area contributed by atoms with Crippen LogP contribution in [0.25, 0.3) is 0 Å². The fraction of sp³-hybridized carbons (Fsp3) is 0.588. The second-order valence-corrected chi connectivity index (χ2v) is 6.98. The second-order valence-electron chi connectivity index (χ2n) is 6.98. The molecule has 1 aromatic rings. The van der Waals surface area contributed by atoms with Gasteiger partial charge in [-0.2, -0.15) is 13.2 Å².